The molecule has 0 aliphatic carbocycles. The zero-order valence-electron chi connectivity index (χ0n) is 18.2. The molecule has 1 saturated heterocycles. The monoisotopic (exact) mass is 490 g/mol. The predicted molar refractivity (Wildman–Crippen MR) is 132 cm³/mol. The normalized spacial score (nSPS) is 17.8. The zero-order chi connectivity index (χ0) is 22.9. The summed E-state index contributed by atoms with van der Waals surface area (Å²) >= 11 is 12.0. The summed E-state index contributed by atoms with van der Waals surface area (Å²) in [6.07, 6.45) is 1.57. The van der Waals surface area contributed by atoms with Gasteiger partial charge in [-0.25, -0.2) is 13.1 Å². The summed E-state index contributed by atoms with van der Waals surface area (Å²) in [6.45, 7) is 5.38. The van der Waals surface area contributed by atoms with Gasteiger partial charge in [0.25, 0.3) is 0 Å². The van der Waals surface area contributed by atoms with Crippen molar-refractivity contribution >= 4 is 33.7 Å². The van der Waals surface area contributed by atoms with Gasteiger partial charge < -0.3 is 0 Å². The van der Waals surface area contributed by atoms with Crippen LogP contribution in [0.15, 0.2) is 48.5 Å². The number of nitrogens with zero attached hydrogens (tertiary/aromatic N) is 4. The Morgan fingerprint density at radius 3 is 2.44 bits per heavy atom. The highest BCUT2D eigenvalue weighted by Crippen LogP contribution is 2.26. The minimum absolute atomic E-state index is 0.00893. The molecule has 1 aromatic heterocycles. The highest BCUT2D eigenvalue weighted by atomic mass is 35.5. The van der Waals surface area contributed by atoms with Crippen LogP contribution in [-0.2, 0) is 16.5 Å². The summed E-state index contributed by atoms with van der Waals surface area (Å²) in [5.74, 6) is 1.17. The largest absolute Gasteiger partial charge is 0.280 e. The summed E-state index contributed by atoms with van der Waals surface area (Å²) in [6, 6.07) is 15.7. The van der Waals surface area contributed by atoms with E-state index in [9.17, 15) is 8.42 Å². The Morgan fingerprint density at radius 2 is 1.84 bits per heavy atom. The first-order valence-corrected chi connectivity index (χ1v) is 13.4. The molecule has 0 saturated carbocycles. The maximum Gasteiger partial charge on any atom is 0.204 e. The van der Waals surface area contributed by atoms with E-state index in [0.717, 1.165) is 35.6 Å². The van der Waals surface area contributed by atoms with Crippen molar-refractivity contribution in [3.63, 3.8) is 0 Å². The second-order valence-corrected chi connectivity index (χ2v) is 11.3. The lowest BCUT2D eigenvalue weighted by atomic mass is 10.2. The molecule has 9 heteroatoms. The smallest absolute Gasteiger partial charge is 0.204 e. The molecule has 0 spiro atoms. The van der Waals surface area contributed by atoms with E-state index in [1.807, 2.05) is 60.0 Å². The molecule has 32 heavy (non-hydrogen) atoms. The van der Waals surface area contributed by atoms with Gasteiger partial charge in [0.15, 0.2) is 15.7 Å². The van der Waals surface area contributed by atoms with Crippen LogP contribution in [0.3, 0.4) is 0 Å². The first-order valence-electron chi connectivity index (χ1n) is 10.7. The number of benzene rings is 2. The molecule has 0 N–H and O–H groups in total. The molecule has 6 nitrogen and oxygen atoms in total. The number of sulfone groups is 1. The molecule has 1 aliphatic heterocycles. The van der Waals surface area contributed by atoms with E-state index >= 15 is 0 Å². The number of hydrogen-bond acceptors (Lipinski definition) is 5. The standard InChI is InChI=1S/C23H27ClN4O2S2/c1-3-13-26(21-12-14-32(29,30)15-21)16-27-23(31)28(20-10-4-17(2)5-11-20)22(25-27)18-6-8-19(24)9-7-18/h4-11,21H,3,12-16H2,1-2H3/t21-/m1/s1. The van der Waals surface area contributed by atoms with Crippen LogP contribution in [0, 0.1) is 11.7 Å². The van der Waals surface area contributed by atoms with Crippen molar-refractivity contribution in [1.29, 1.82) is 0 Å². The van der Waals surface area contributed by atoms with Gasteiger partial charge in [-0.1, -0.05) is 36.2 Å². The number of aromatic nitrogens is 3. The number of hydrogen-bond donors (Lipinski definition) is 0. The highest BCUT2D eigenvalue weighted by molar-refractivity contribution is 7.91. The third-order valence-corrected chi connectivity index (χ3v) is 8.18. The van der Waals surface area contributed by atoms with E-state index in [1.165, 1.54) is 0 Å². The Hall–Kier alpha value is -2.00. The molecule has 3 aromatic rings. The van der Waals surface area contributed by atoms with Gasteiger partial charge in [0.05, 0.1) is 18.2 Å². The Morgan fingerprint density at radius 1 is 1.16 bits per heavy atom. The van der Waals surface area contributed by atoms with Gasteiger partial charge in [0, 0.05) is 22.3 Å². The van der Waals surface area contributed by atoms with E-state index in [1.54, 1.807) is 4.68 Å². The van der Waals surface area contributed by atoms with Gasteiger partial charge in [0.1, 0.15) is 0 Å². The van der Waals surface area contributed by atoms with Crippen molar-refractivity contribution in [2.45, 2.75) is 39.4 Å². The molecule has 0 amide bonds. The van der Waals surface area contributed by atoms with Crippen LogP contribution in [0.5, 0.6) is 0 Å². The lowest BCUT2D eigenvalue weighted by Gasteiger charge is -2.27. The summed E-state index contributed by atoms with van der Waals surface area (Å²) in [4.78, 5) is 2.19. The van der Waals surface area contributed by atoms with Gasteiger partial charge in [-0.2, -0.15) is 0 Å². The van der Waals surface area contributed by atoms with E-state index in [4.69, 9.17) is 28.9 Å². The lowest BCUT2D eigenvalue weighted by Crippen LogP contribution is -2.38. The average Bonchev–Trinajstić information content (AvgIpc) is 3.28. The minimum atomic E-state index is -2.97. The fraction of sp³-hybridized carbons (Fsp3) is 0.391. The second-order valence-electron chi connectivity index (χ2n) is 8.29. The Labute approximate surface area is 199 Å². The Kier molecular flexibility index (Phi) is 6.86. The van der Waals surface area contributed by atoms with Crippen LogP contribution in [0.25, 0.3) is 17.1 Å². The molecule has 1 atom stereocenters. The summed E-state index contributed by atoms with van der Waals surface area (Å²) in [7, 11) is -2.97. The van der Waals surface area contributed by atoms with Crippen LogP contribution in [0.2, 0.25) is 5.02 Å². The van der Waals surface area contributed by atoms with Gasteiger partial charge >= 0.3 is 0 Å². The topological polar surface area (TPSA) is 60.1 Å². The quantitative estimate of drug-likeness (QED) is 0.441. The third-order valence-electron chi connectivity index (χ3n) is 5.79. The number of aryl methyl sites for hydroxylation is 1. The Balaban J connectivity index is 1.77. The molecule has 0 radical (unpaired) electrons. The molecular weight excluding hydrogens is 464 g/mol. The maximum atomic E-state index is 12.1. The van der Waals surface area contributed by atoms with Crippen LogP contribution < -0.4 is 0 Å². The SMILES string of the molecule is CCCN(Cn1nc(-c2ccc(Cl)cc2)n(-c2ccc(C)cc2)c1=S)[C@@H]1CCS(=O)(=O)C1. The molecule has 2 heterocycles. The van der Waals surface area contributed by atoms with Crippen molar-refractivity contribution in [1.82, 2.24) is 19.2 Å². The van der Waals surface area contributed by atoms with Crippen LogP contribution >= 0.6 is 23.8 Å². The fourth-order valence-corrected chi connectivity index (χ4v) is 6.28. The molecule has 170 valence electrons. The zero-order valence-corrected chi connectivity index (χ0v) is 20.6. The van der Waals surface area contributed by atoms with Crippen LogP contribution in [-0.4, -0.2) is 51.8 Å². The molecule has 1 fully saturated rings. The average molecular weight is 491 g/mol. The molecule has 0 bridgehead atoms. The first kappa shape index (κ1) is 23.2. The maximum absolute atomic E-state index is 12.1. The van der Waals surface area contributed by atoms with Gasteiger partial charge in [-0.05, 0) is 74.9 Å². The van der Waals surface area contributed by atoms with Crippen molar-refractivity contribution in [3.05, 3.63) is 63.9 Å². The van der Waals surface area contributed by atoms with E-state index < -0.39 is 9.84 Å². The number of rotatable bonds is 7. The molecule has 1 aliphatic rings. The fourth-order valence-electron chi connectivity index (χ4n) is 4.10. The van der Waals surface area contributed by atoms with Gasteiger partial charge in [-0.3, -0.25) is 9.47 Å². The minimum Gasteiger partial charge on any atom is -0.280 e. The van der Waals surface area contributed by atoms with Gasteiger partial charge in [-0.15, -0.1) is 5.10 Å². The van der Waals surface area contributed by atoms with Crippen molar-refractivity contribution in [3.8, 4) is 17.1 Å². The first-order chi connectivity index (χ1) is 15.3. The van der Waals surface area contributed by atoms with Crippen LogP contribution in [0.1, 0.15) is 25.3 Å². The molecule has 4 rings (SSSR count). The third kappa shape index (κ3) is 4.98. The Bertz CT molecular complexity index is 1250. The molecule has 2 aromatic carbocycles. The van der Waals surface area contributed by atoms with Gasteiger partial charge in [0.2, 0.25) is 4.77 Å². The summed E-state index contributed by atoms with van der Waals surface area (Å²) < 4.78 is 28.5. The highest BCUT2D eigenvalue weighted by Gasteiger charge is 2.32. The lowest BCUT2D eigenvalue weighted by molar-refractivity contribution is 0.155. The van der Waals surface area contributed by atoms with Crippen molar-refractivity contribution in [2.24, 2.45) is 0 Å². The van der Waals surface area contributed by atoms with E-state index in [0.29, 0.717) is 22.9 Å². The summed E-state index contributed by atoms with van der Waals surface area (Å²) in [5, 5.41) is 5.54. The van der Waals surface area contributed by atoms with E-state index in [-0.39, 0.29) is 17.5 Å². The van der Waals surface area contributed by atoms with Crippen LogP contribution in [0.4, 0.5) is 0 Å². The molecular formula is C23H27ClN4O2S2. The number of halogens is 1. The van der Waals surface area contributed by atoms with Crippen molar-refractivity contribution < 1.29 is 8.42 Å². The second kappa shape index (κ2) is 9.47. The predicted octanol–water partition coefficient (Wildman–Crippen LogP) is 4.89. The summed E-state index contributed by atoms with van der Waals surface area (Å²) in [5.41, 5.74) is 3.00. The van der Waals surface area contributed by atoms with Crippen molar-refractivity contribution in [2.75, 3.05) is 18.1 Å². The van der Waals surface area contributed by atoms with E-state index in [2.05, 4.69) is 11.8 Å². The molecule has 0 unspecified atom stereocenters.